The lowest BCUT2D eigenvalue weighted by Crippen LogP contribution is -2.39. The molecule has 0 atom stereocenters. The van der Waals surface area contributed by atoms with Crippen LogP contribution in [0.1, 0.15) is 48.7 Å². The smallest absolute Gasteiger partial charge is 0.410 e. The zero-order valence-electron chi connectivity index (χ0n) is 21.8. The molecule has 7 nitrogen and oxygen atoms in total. The van der Waals surface area contributed by atoms with Gasteiger partial charge in [0.1, 0.15) is 11.4 Å². The molecule has 3 heterocycles. The molecular weight excluding hydrogens is 483 g/mol. The molecule has 0 unspecified atom stereocenters. The van der Waals surface area contributed by atoms with Crippen LogP contribution in [-0.4, -0.2) is 47.1 Å². The van der Waals surface area contributed by atoms with E-state index in [2.05, 4.69) is 10.3 Å². The summed E-state index contributed by atoms with van der Waals surface area (Å²) in [5, 5.41) is 2.84. The number of fused-ring (bicyclic) bond motifs is 1. The van der Waals surface area contributed by atoms with E-state index in [1.807, 2.05) is 63.2 Å². The Bertz CT molecular complexity index is 1440. The van der Waals surface area contributed by atoms with E-state index in [1.165, 1.54) is 0 Å². The number of carbonyl (C=O) groups excluding carboxylic acids is 2. The number of pyridine rings is 1. The Balaban J connectivity index is 1.37. The number of rotatable bonds is 3. The molecule has 2 amide bonds. The van der Waals surface area contributed by atoms with Gasteiger partial charge in [0.25, 0.3) is 5.91 Å². The number of aromatic nitrogens is 1. The molecule has 0 saturated carbocycles. The van der Waals surface area contributed by atoms with Gasteiger partial charge in [0.05, 0.1) is 0 Å². The lowest BCUT2D eigenvalue weighted by atomic mass is 9.93. The van der Waals surface area contributed by atoms with Crippen LogP contribution < -0.4 is 11.1 Å². The number of nitrogens with zero attached hydrogens (tertiary/aromatic N) is 2. The molecule has 0 bridgehead atoms. The van der Waals surface area contributed by atoms with Gasteiger partial charge in [-0.25, -0.2) is 9.78 Å². The highest BCUT2D eigenvalue weighted by atomic mass is 19.1. The van der Waals surface area contributed by atoms with Gasteiger partial charge in [-0.15, -0.1) is 0 Å². The maximum atomic E-state index is 14.9. The largest absolute Gasteiger partial charge is 0.444 e. The van der Waals surface area contributed by atoms with Gasteiger partial charge in [-0.1, -0.05) is 42.5 Å². The number of hydrogen-bond donors (Lipinski definition) is 2. The Morgan fingerprint density at radius 3 is 2.39 bits per heavy atom. The lowest BCUT2D eigenvalue weighted by molar-refractivity contribution is 0.0270. The Kier molecular flexibility index (Phi) is 6.65. The minimum Gasteiger partial charge on any atom is -0.444 e. The van der Waals surface area contributed by atoms with Crippen molar-refractivity contribution in [2.24, 2.45) is 0 Å². The lowest BCUT2D eigenvalue weighted by Gasteiger charge is -2.29. The van der Waals surface area contributed by atoms with Gasteiger partial charge in [-0.05, 0) is 73.6 Å². The van der Waals surface area contributed by atoms with Crippen LogP contribution in [0.4, 0.5) is 15.0 Å². The SMILES string of the molecule is CC(C)(C)OC(=O)N1CC=C(c2ccc(-c3cc(-c4ccc5c(c4)CCNC5=O)c(N)nc3F)cc2)CC1. The van der Waals surface area contributed by atoms with Gasteiger partial charge >= 0.3 is 6.09 Å². The highest BCUT2D eigenvalue weighted by Gasteiger charge is 2.24. The van der Waals surface area contributed by atoms with Crippen molar-refractivity contribution in [1.82, 2.24) is 15.2 Å². The first kappa shape index (κ1) is 25.4. The first-order valence-corrected chi connectivity index (χ1v) is 12.7. The van der Waals surface area contributed by atoms with Crippen molar-refractivity contribution < 1.29 is 18.7 Å². The maximum Gasteiger partial charge on any atom is 0.410 e. The normalized spacial score (nSPS) is 15.4. The summed E-state index contributed by atoms with van der Waals surface area (Å²) >= 11 is 0. The highest BCUT2D eigenvalue weighted by Crippen LogP contribution is 2.34. The monoisotopic (exact) mass is 514 g/mol. The second-order valence-electron chi connectivity index (χ2n) is 10.6. The summed E-state index contributed by atoms with van der Waals surface area (Å²) in [7, 11) is 0. The molecule has 2 aliphatic heterocycles. The van der Waals surface area contributed by atoms with Crippen molar-refractivity contribution in [1.29, 1.82) is 0 Å². The predicted octanol–water partition coefficient (Wildman–Crippen LogP) is 5.45. The third-order valence-corrected chi connectivity index (χ3v) is 6.77. The molecule has 5 rings (SSSR count). The fraction of sp³-hybridized carbons (Fsp3) is 0.300. The van der Waals surface area contributed by atoms with Gasteiger partial charge in [-0.3, -0.25) is 4.79 Å². The van der Waals surface area contributed by atoms with Crippen LogP contribution in [0.25, 0.3) is 27.8 Å². The molecular formula is C30H31FN4O3. The fourth-order valence-electron chi connectivity index (χ4n) is 4.82. The number of halogens is 1. The van der Waals surface area contributed by atoms with E-state index in [9.17, 15) is 14.0 Å². The van der Waals surface area contributed by atoms with Gasteiger partial charge in [0.15, 0.2) is 0 Å². The summed E-state index contributed by atoms with van der Waals surface area (Å²) < 4.78 is 20.4. The quantitative estimate of drug-likeness (QED) is 0.453. The van der Waals surface area contributed by atoms with Crippen molar-refractivity contribution in [2.75, 3.05) is 25.4 Å². The van der Waals surface area contributed by atoms with Crippen LogP contribution in [0, 0.1) is 5.95 Å². The van der Waals surface area contributed by atoms with Gasteiger partial charge in [0, 0.05) is 36.3 Å². The molecule has 0 saturated heterocycles. The van der Waals surface area contributed by atoms with Gasteiger partial charge in [0.2, 0.25) is 5.95 Å². The molecule has 2 aliphatic rings. The zero-order valence-corrected chi connectivity index (χ0v) is 21.8. The minimum absolute atomic E-state index is 0.0885. The predicted molar refractivity (Wildman–Crippen MR) is 146 cm³/mol. The maximum absolute atomic E-state index is 14.9. The van der Waals surface area contributed by atoms with Crippen LogP contribution in [0.5, 0.6) is 0 Å². The molecule has 1 aromatic heterocycles. The van der Waals surface area contributed by atoms with Crippen molar-refractivity contribution in [3.63, 3.8) is 0 Å². The molecule has 38 heavy (non-hydrogen) atoms. The fourth-order valence-corrected chi connectivity index (χ4v) is 4.82. The highest BCUT2D eigenvalue weighted by molar-refractivity contribution is 5.97. The molecule has 0 radical (unpaired) electrons. The molecule has 196 valence electrons. The summed E-state index contributed by atoms with van der Waals surface area (Å²) in [6, 6.07) is 14.9. The molecule has 0 spiro atoms. The van der Waals surface area contributed by atoms with Crippen LogP contribution in [0.3, 0.4) is 0 Å². The summed E-state index contributed by atoms with van der Waals surface area (Å²) in [6.45, 7) is 7.20. The van der Waals surface area contributed by atoms with Crippen molar-refractivity contribution >= 4 is 23.4 Å². The Morgan fingerprint density at radius 2 is 1.71 bits per heavy atom. The van der Waals surface area contributed by atoms with Crippen LogP contribution >= 0.6 is 0 Å². The number of nitrogen functional groups attached to an aromatic ring is 1. The number of carbonyl (C=O) groups is 2. The van der Waals surface area contributed by atoms with E-state index in [1.54, 1.807) is 17.0 Å². The van der Waals surface area contributed by atoms with Crippen LogP contribution in [0.2, 0.25) is 0 Å². The number of ether oxygens (including phenoxy) is 1. The van der Waals surface area contributed by atoms with Gasteiger partial charge < -0.3 is 20.7 Å². The molecule has 3 aromatic rings. The average Bonchev–Trinajstić information content (AvgIpc) is 2.88. The minimum atomic E-state index is -0.638. The third-order valence-electron chi connectivity index (χ3n) is 6.77. The molecule has 3 N–H and O–H groups in total. The number of anilines is 1. The standard InChI is InChI=1S/C30H31FN4O3/c1-30(2,3)38-29(37)35-14-11-19(12-15-35)18-4-6-20(7-5-18)24-17-25(27(32)34-26(24)31)21-8-9-23-22(16-21)10-13-33-28(23)36/h4-9,11,16-17H,10,12-15H2,1-3H3,(H2,32,34)(H,33,36). The van der Waals surface area contributed by atoms with Crippen molar-refractivity contribution in [2.45, 2.75) is 39.2 Å². The van der Waals surface area contributed by atoms with Crippen molar-refractivity contribution in [3.05, 3.63) is 77.2 Å². The summed E-state index contributed by atoms with van der Waals surface area (Å²) in [5.74, 6) is -0.624. The van der Waals surface area contributed by atoms with E-state index in [4.69, 9.17) is 10.5 Å². The van der Waals surface area contributed by atoms with E-state index in [-0.39, 0.29) is 17.8 Å². The summed E-state index contributed by atoms with van der Waals surface area (Å²) in [6.07, 6.45) is 3.15. The summed E-state index contributed by atoms with van der Waals surface area (Å²) in [5.41, 5.74) is 11.8. The van der Waals surface area contributed by atoms with Crippen LogP contribution in [0.15, 0.2) is 54.6 Å². The molecule has 0 fully saturated rings. The third kappa shape index (κ3) is 5.25. The van der Waals surface area contributed by atoms with E-state index < -0.39 is 11.5 Å². The number of hydrogen-bond acceptors (Lipinski definition) is 5. The van der Waals surface area contributed by atoms with E-state index in [0.29, 0.717) is 48.3 Å². The molecule has 8 heteroatoms. The summed E-state index contributed by atoms with van der Waals surface area (Å²) in [4.78, 5) is 30.1. The average molecular weight is 515 g/mol. The second kappa shape index (κ2) is 9.93. The Hall–Kier alpha value is -4.20. The Labute approximate surface area is 221 Å². The number of benzene rings is 2. The number of nitrogens with two attached hydrogens (primary N) is 1. The topological polar surface area (TPSA) is 97.5 Å². The second-order valence-corrected chi connectivity index (χ2v) is 10.6. The first-order chi connectivity index (χ1) is 18.1. The van der Waals surface area contributed by atoms with Gasteiger partial charge in [-0.2, -0.15) is 4.39 Å². The molecule has 0 aliphatic carbocycles. The number of amides is 2. The number of nitrogens with one attached hydrogen (secondary N) is 1. The van der Waals surface area contributed by atoms with E-state index >= 15 is 0 Å². The van der Waals surface area contributed by atoms with Crippen LogP contribution in [-0.2, 0) is 11.2 Å². The zero-order chi connectivity index (χ0) is 27.0. The van der Waals surface area contributed by atoms with Crippen molar-refractivity contribution in [3.8, 4) is 22.3 Å². The first-order valence-electron chi connectivity index (χ1n) is 12.7. The molecule has 2 aromatic carbocycles. The Morgan fingerprint density at radius 1 is 1.00 bits per heavy atom. The van der Waals surface area contributed by atoms with E-state index in [0.717, 1.165) is 28.7 Å².